The highest BCUT2D eigenvalue weighted by Crippen LogP contribution is 2.23. The van der Waals surface area contributed by atoms with Crippen molar-refractivity contribution in [1.82, 2.24) is 10.3 Å². The molecule has 4 heteroatoms. The molecule has 0 spiro atoms. The van der Waals surface area contributed by atoms with Crippen molar-refractivity contribution in [3.05, 3.63) is 24.3 Å². The molecule has 0 saturated carbocycles. The molecule has 1 aromatic carbocycles. The zero-order valence-electron chi connectivity index (χ0n) is 10.9. The van der Waals surface area contributed by atoms with Crippen molar-refractivity contribution in [2.75, 3.05) is 24.5 Å². The molecule has 4 nitrogen and oxygen atoms in total. The van der Waals surface area contributed by atoms with Crippen LogP contribution in [0.15, 0.2) is 28.7 Å². The van der Waals surface area contributed by atoms with Gasteiger partial charge in [-0.15, -0.1) is 0 Å². The van der Waals surface area contributed by atoms with Crippen LogP contribution in [-0.2, 0) is 0 Å². The number of benzene rings is 1. The first-order valence-electron chi connectivity index (χ1n) is 6.58. The number of anilines is 1. The van der Waals surface area contributed by atoms with Crippen LogP contribution in [-0.4, -0.2) is 30.7 Å². The number of nitrogens with zero attached hydrogens (tertiary/aromatic N) is 2. The minimum atomic E-state index is 0.508. The van der Waals surface area contributed by atoms with Crippen LogP contribution in [0.1, 0.15) is 13.8 Å². The number of hydrogen-bond acceptors (Lipinski definition) is 4. The zero-order valence-corrected chi connectivity index (χ0v) is 10.9. The Labute approximate surface area is 107 Å². The average molecular weight is 245 g/mol. The highest BCUT2D eigenvalue weighted by Gasteiger charge is 2.24. The van der Waals surface area contributed by atoms with Crippen molar-refractivity contribution < 1.29 is 4.42 Å². The molecule has 0 amide bonds. The predicted octanol–water partition coefficient (Wildman–Crippen LogP) is 2.26. The highest BCUT2D eigenvalue weighted by molar-refractivity contribution is 5.74. The third kappa shape index (κ3) is 2.08. The molecule has 96 valence electrons. The summed E-state index contributed by atoms with van der Waals surface area (Å²) < 4.78 is 5.82. The molecule has 1 aliphatic heterocycles. The highest BCUT2D eigenvalue weighted by atomic mass is 16.4. The summed E-state index contributed by atoms with van der Waals surface area (Å²) in [5, 5.41) is 3.54. The van der Waals surface area contributed by atoms with E-state index in [0.29, 0.717) is 12.0 Å². The lowest BCUT2D eigenvalue weighted by atomic mass is 10.0. The smallest absolute Gasteiger partial charge is 0.298 e. The predicted molar refractivity (Wildman–Crippen MR) is 72.9 cm³/mol. The summed E-state index contributed by atoms with van der Waals surface area (Å²) in [5.74, 6) is 0.622. The van der Waals surface area contributed by atoms with E-state index in [1.165, 1.54) is 0 Å². The van der Waals surface area contributed by atoms with Gasteiger partial charge in [-0.25, -0.2) is 0 Å². The Morgan fingerprint density at radius 1 is 1.39 bits per heavy atom. The van der Waals surface area contributed by atoms with Gasteiger partial charge in [0, 0.05) is 25.7 Å². The van der Waals surface area contributed by atoms with E-state index < -0.39 is 0 Å². The van der Waals surface area contributed by atoms with Gasteiger partial charge < -0.3 is 14.6 Å². The number of piperazine rings is 1. The van der Waals surface area contributed by atoms with Crippen LogP contribution in [0.25, 0.3) is 11.1 Å². The quantitative estimate of drug-likeness (QED) is 0.881. The summed E-state index contributed by atoms with van der Waals surface area (Å²) >= 11 is 0. The number of hydrogen-bond donors (Lipinski definition) is 1. The van der Waals surface area contributed by atoms with Crippen molar-refractivity contribution in [2.24, 2.45) is 5.92 Å². The van der Waals surface area contributed by atoms with Crippen LogP contribution in [0, 0.1) is 5.92 Å². The van der Waals surface area contributed by atoms with Crippen LogP contribution in [0.4, 0.5) is 6.01 Å². The van der Waals surface area contributed by atoms with Gasteiger partial charge in [0.15, 0.2) is 5.58 Å². The number of aromatic nitrogens is 1. The molecular weight excluding hydrogens is 226 g/mol. The third-order valence-corrected chi connectivity index (χ3v) is 3.56. The lowest BCUT2D eigenvalue weighted by molar-refractivity contribution is 0.357. The van der Waals surface area contributed by atoms with Crippen LogP contribution in [0.5, 0.6) is 0 Å². The number of para-hydroxylation sites is 2. The fourth-order valence-corrected chi connectivity index (χ4v) is 2.39. The van der Waals surface area contributed by atoms with Gasteiger partial charge in [-0.05, 0) is 18.1 Å². The van der Waals surface area contributed by atoms with Crippen molar-refractivity contribution >= 4 is 17.1 Å². The molecule has 1 N–H and O–H groups in total. The minimum absolute atomic E-state index is 0.508. The average Bonchev–Trinajstić information content (AvgIpc) is 2.82. The monoisotopic (exact) mass is 245 g/mol. The largest absolute Gasteiger partial charge is 0.423 e. The first-order valence-corrected chi connectivity index (χ1v) is 6.58. The van der Waals surface area contributed by atoms with Gasteiger partial charge in [-0.1, -0.05) is 26.0 Å². The van der Waals surface area contributed by atoms with E-state index in [9.17, 15) is 0 Å². The maximum absolute atomic E-state index is 5.82. The number of fused-ring (bicyclic) bond motifs is 1. The maximum atomic E-state index is 5.82. The van der Waals surface area contributed by atoms with Gasteiger partial charge >= 0.3 is 0 Å². The van der Waals surface area contributed by atoms with Crippen LogP contribution in [0.2, 0.25) is 0 Å². The van der Waals surface area contributed by atoms with E-state index in [2.05, 4.69) is 29.0 Å². The Morgan fingerprint density at radius 2 is 2.22 bits per heavy atom. The summed E-state index contributed by atoms with van der Waals surface area (Å²) in [5.41, 5.74) is 1.80. The first-order chi connectivity index (χ1) is 8.74. The van der Waals surface area contributed by atoms with E-state index >= 15 is 0 Å². The Hall–Kier alpha value is -1.55. The number of oxazole rings is 1. The van der Waals surface area contributed by atoms with Crippen molar-refractivity contribution in [3.63, 3.8) is 0 Å². The Kier molecular flexibility index (Phi) is 2.96. The molecule has 0 unspecified atom stereocenters. The third-order valence-electron chi connectivity index (χ3n) is 3.56. The van der Waals surface area contributed by atoms with E-state index in [4.69, 9.17) is 4.42 Å². The molecule has 1 atom stereocenters. The summed E-state index contributed by atoms with van der Waals surface area (Å²) in [6.07, 6.45) is 0. The molecule has 0 aliphatic carbocycles. The standard InChI is InChI=1S/C14H19N3O/c1-10(2)12-9-17(8-7-15-12)14-16-11-5-3-4-6-13(11)18-14/h3-6,10,12,15H,7-9H2,1-2H3/t12-/m0/s1. The molecule has 1 fully saturated rings. The molecule has 18 heavy (non-hydrogen) atoms. The van der Waals surface area contributed by atoms with E-state index in [1.54, 1.807) is 0 Å². The van der Waals surface area contributed by atoms with Gasteiger partial charge in [-0.2, -0.15) is 4.98 Å². The maximum Gasteiger partial charge on any atom is 0.298 e. The molecule has 2 heterocycles. The summed E-state index contributed by atoms with van der Waals surface area (Å²) in [4.78, 5) is 6.80. The van der Waals surface area contributed by atoms with Gasteiger partial charge in [0.1, 0.15) is 5.52 Å². The van der Waals surface area contributed by atoms with Crippen molar-refractivity contribution in [1.29, 1.82) is 0 Å². The van der Waals surface area contributed by atoms with Crippen molar-refractivity contribution in [3.8, 4) is 0 Å². The summed E-state index contributed by atoms with van der Waals surface area (Å²) in [6.45, 7) is 7.39. The van der Waals surface area contributed by atoms with Gasteiger partial charge in [0.05, 0.1) is 0 Å². The molecule has 2 aromatic rings. The normalized spacial score (nSPS) is 20.8. The lowest BCUT2D eigenvalue weighted by Crippen LogP contribution is -2.53. The fourth-order valence-electron chi connectivity index (χ4n) is 2.39. The van der Waals surface area contributed by atoms with Crippen LogP contribution < -0.4 is 10.2 Å². The summed E-state index contributed by atoms with van der Waals surface area (Å²) in [7, 11) is 0. The molecule has 3 rings (SSSR count). The Morgan fingerprint density at radius 3 is 3.00 bits per heavy atom. The SMILES string of the molecule is CC(C)[C@@H]1CN(c2nc3ccccc3o2)CCN1. The topological polar surface area (TPSA) is 41.3 Å². The Balaban J connectivity index is 1.85. The van der Waals surface area contributed by atoms with E-state index in [-0.39, 0.29) is 0 Å². The molecule has 1 aromatic heterocycles. The van der Waals surface area contributed by atoms with Crippen LogP contribution in [0.3, 0.4) is 0 Å². The van der Waals surface area contributed by atoms with Gasteiger partial charge in [0.25, 0.3) is 6.01 Å². The Bertz CT molecular complexity index is 502. The van der Waals surface area contributed by atoms with Gasteiger partial charge in [-0.3, -0.25) is 0 Å². The second-order valence-electron chi connectivity index (χ2n) is 5.21. The molecule has 0 radical (unpaired) electrons. The zero-order chi connectivity index (χ0) is 12.5. The van der Waals surface area contributed by atoms with Gasteiger partial charge in [0.2, 0.25) is 0 Å². The molecule has 1 aliphatic rings. The first kappa shape index (κ1) is 11.5. The second kappa shape index (κ2) is 4.61. The second-order valence-corrected chi connectivity index (χ2v) is 5.21. The molecular formula is C14H19N3O. The minimum Gasteiger partial charge on any atom is -0.423 e. The molecule has 1 saturated heterocycles. The lowest BCUT2D eigenvalue weighted by Gasteiger charge is -2.34. The summed E-state index contributed by atoms with van der Waals surface area (Å²) in [6, 6.07) is 9.19. The fraction of sp³-hybridized carbons (Fsp3) is 0.500. The van der Waals surface area contributed by atoms with Crippen LogP contribution >= 0.6 is 0 Å². The van der Waals surface area contributed by atoms with Crippen molar-refractivity contribution in [2.45, 2.75) is 19.9 Å². The van der Waals surface area contributed by atoms with E-state index in [1.807, 2.05) is 24.3 Å². The number of nitrogens with one attached hydrogen (secondary N) is 1. The molecule has 0 bridgehead atoms. The number of rotatable bonds is 2. The van der Waals surface area contributed by atoms with E-state index in [0.717, 1.165) is 36.7 Å².